The number of rotatable bonds is 9. The number of hydrogen-bond donors (Lipinski definition) is 1. The summed E-state index contributed by atoms with van der Waals surface area (Å²) in [5.74, 6) is 0. The van der Waals surface area contributed by atoms with Crippen LogP contribution in [0, 0.1) is 0 Å². The van der Waals surface area contributed by atoms with Crippen LogP contribution in [0.5, 0.6) is 0 Å². The lowest BCUT2D eigenvalue weighted by Crippen LogP contribution is -2.30. The molecule has 0 spiro atoms. The fourth-order valence-corrected chi connectivity index (χ4v) is 2.36. The van der Waals surface area contributed by atoms with Gasteiger partial charge in [0, 0.05) is 26.4 Å². The summed E-state index contributed by atoms with van der Waals surface area (Å²) in [6, 6.07) is 0.617. The molecule has 1 fully saturated rings. The van der Waals surface area contributed by atoms with E-state index in [1.165, 1.54) is 32.1 Å². The molecular formula is C13H27NO2. The van der Waals surface area contributed by atoms with E-state index in [0.29, 0.717) is 12.1 Å². The van der Waals surface area contributed by atoms with Crippen molar-refractivity contribution in [3.63, 3.8) is 0 Å². The van der Waals surface area contributed by atoms with Crippen molar-refractivity contribution in [2.45, 2.75) is 57.6 Å². The smallest absolute Gasteiger partial charge is 0.0576 e. The summed E-state index contributed by atoms with van der Waals surface area (Å²) >= 11 is 0. The third kappa shape index (κ3) is 5.83. The Bertz CT molecular complexity index is 158. The van der Waals surface area contributed by atoms with Crippen LogP contribution in [0.15, 0.2) is 0 Å². The lowest BCUT2D eigenvalue weighted by atomic mass is 10.0. The third-order valence-electron chi connectivity index (χ3n) is 3.27. The van der Waals surface area contributed by atoms with Crippen molar-refractivity contribution in [3.8, 4) is 0 Å². The van der Waals surface area contributed by atoms with Crippen LogP contribution in [0.1, 0.15) is 45.4 Å². The average Bonchev–Trinajstić information content (AvgIpc) is 2.79. The topological polar surface area (TPSA) is 30.5 Å². The molecule has 3 heteroatoms. The van der Waals surface area contributed by atoms with Crippen molar-refractivity contribution in [1.82, 2.24) is 5.32 Å². The van der Waals surface area contributed by atoms with Crippen LogP contribution in [0.4, 0.5) is 0 Å². The van der Waals surface area contributed by atoms with Crippen molar-refractivity contribution in [2.75, 3.05) is 26.9 Å². The van der Waals surface area contributed by atoms with E-state index in [9.17, 15) is 0 Å². The quantitative estimate of drug-likeness (QED) is 0.658. The second-order valence-corrected chi connectivity index (χ2v) is 4.60. The van der Waals surface area contributed by atoms with Gasteiger partial charge in [-0.2, -0.15) is 0 Å². The lowest BCUT2D eigenvalue weighted by molar-refractivity contribution is 0.100. The Morgan fingerprint density at radius 3 is 2.94 bits per heavy atom. The molecule has 1 saturated heterocycles. The summed E-state index contributed by atoms with van der Waals surface area (Å²) in [5, 5.41) is 3.52. The van der Waals surface area contributed by atoms with Gasteiger partial charge in [0.1, 0.15) is 0 Å². The van der Waals surface area contributed by atoms with Crippen LogP contribution in [-0.2, 0) is 9.47 Å². The van der Waals surface area contributed by atoms with Gasteiger partial charge < -0.3 is 14.8 Å². The zero-order chi connectivity index (χ0) is 11.6. The number of nitrogens with one attached hydrogen (secondary N) is 1. The molecule has 2 atom stereocenters. The molecule has 0 aromatic rings. The van der Waals surface area contributed by atoms with Gasteiger partial charge in [-0.3, -0.25) is 0 Å². The molecule has 0 radical (unpaired) electrons. The molecule has 0 saturated carbocycles. The molecule has 3 nitrogen and oxygen atoms in total. The molecule has 1 aliphatic rings. The first-order chi connectivity index (χ1) is 7.86. The molecule has 1 N–H and O–H groups in total. The van der Waals surface area contributed by atoms with E-state index < -0.39 is 0 Å². The summed E-state index contributed by atoms with van der Waals surface area (Å²) < 4.78 is 10.8. The van der Waals surface area contributed by atoms with Crippen molar-refractivity contribution in [1.29, 1.82) is 0 Å². The molecule has 1 rings (SSSR count). The first-order valence-electron chi connectivity index (χ1n) is 6.70. The summed E-state index contributed by atoms with van der Waals surface area (Å²) in [4.78, 5) is 0. The first-order valence-corrected chi connectivity index (χ1v) is 6.70. The van der Waals surface area contributed by atoms with E-state index in [4.69, 9.17) is 9.47 Å². The Morgan fingerprint density at radius 1 is 1.44 bits per heavy atom. The summed E-state index contributed by atoms with van der Waals surface area (Å²) in [6.45, 7) is 5.05. The molecule has 1 heterocycles. The van der Waals surface area contributed by atoms with Gasteiger partial charge in [-0.15, -0.1) is 0 Å². The Labute approximate surface area is 99.9 Å². The van der Waals surface area contributed by atoms with E-state index in [2.05, 4.69) is 12.2 Å². The van der Waals surface area contributed by atoms with E-state index in [1.807, 2.05) is 0 Å². The molecule has 0 aliphatic carbocycles. The minimum atomic E-state index is 0.546. The molecule has 96 valence electrons. The molecule has 2 unspecified atom stereocenters. The van der Waals surface area contributed by atoms with Gasteiger partial charge in [-0.25, -0.2) is 0 Å². The van der Waals surface area contributed by atoms with E-state index in [-0.39, 0.29) is 0 Å². The normalized spacial score (nSPS) is 22.5. The molecule has 0 aromatic heterocycles. The summed E-state index contributed by atoms with van der Waals surface area (Å²) in [7, 11) is 1.77. The standard InChI is InChI=1S/C13H27NO2/c1-3-14-12(9-11-15-2)6-4-7-13-8-5-10-16-13/h12-14H,3-11H2,1-2H3. The van der Waals surface area contributed by atoms with Crippen LogP contribution in [-0.4, -0.2) is 39.0 Å². The van der Waals surface area contributed by atoms with Gasteiger partial charge in [-0.05, 0) is 45.1 Å². The lowest BCUT2D eigenvalue weighted by Gasteiger charge is -2.18. The fraction of sp³-hybridized carbons (Fsp3) is 1.00. The number of ether oxygens (including phenoxy) is 2. The van der Waals surface area contributed by atoms with Crippen LogP contribution in [0.3, 0.4) is 0 Å². The second kappa shape index (κ2) is 8.97. The van der Waals surface area contributed by atoms with Crippen LogP contribution in [0.25, 0.3) is 0 Å². The van der Waals surface area contributed by atoms with Crippen molar-refractivity contribution >= 4 is 0 Å². The zero-order valence-corrected chi connectivity index (χ0v) is 10.8. The predicted octanol–water partition coefficient (Wildman–Crippen LogP) is 2.35. The van der Waals surface area contributed by atoms with Crippen LogP contribution >= 0.6 is 0 Å². The monoisotopic (exact) mass is 229 g/mol. The van der Waals surface area contributed by atoms with Crippen molar-refractivity contribution < 1.29 is 9.47 Å². The van der Waals surface area contributed by atoms with E-state index >= 15 is 0 Å². The van der Waals surface area contributed by atoms with Crippen molar-refractivity contribution in [2.24, 2.45) is 0 Å². The molecule has 0 bridgehead atoms. The average molecular weight is 229 g/mol. The largest absolute Gasteiger partial charge is 0.385 e. The van der Waals surface area contributed by atoms with Gasteiger partial charge in [0.15, 0.2) is 0 Å². The maximum Gasteiger partial charge on any atom is 0.0576 e. The Hall–Kier alpha value is -0.120. The maximum atomic E-state index is 5.63. The first kappa shape index (κ1) is 13.9. The SMILES string of the molecule is CCNC(CCCC1CCCO1)CCOC. The van der Waals surface area contributed by atoms with Gasteiger partial charge in [0.05, 0.1) is 6.10 Å². The molecular weight excluding hydrogens is 202 g/mol. The molecule has 0 amide bonds. The molecule has 16 heavy (non-hydrogen) atoms. The number of hydrogen-bond acceptors (Lipinski definition) is 3. The van der Waals surface area contributed by atoms with Crippen LogP contribution < -0.4 is 5.32 Å². The van der Waals surface area contributed by atoms with Gasteiger partial charge >= 0.3 is 0 Å². The van der Waals surface area contributed by atoms with Gasteiger partial charge in [-0.1, -0.05) is 6.92 Å². The summed E-state index contributed by atoms with van der Waals surface area (Å²) in [6.07, 6.45) is 7.94. The minimum absolute atomic E-state index is 0.546. The second-order valence-electron chi connectivity index (χ2n) is 4.60. The van der Waals surface area contributed by atoms with Crippen LogP contribution in [0.2, 0.25) is 0 Å². The highest BCUT2D eigenvalue weighted by molar-refractivity contribution is 4.69. The van der Waals surface area contributed by atoms with Crippen molar-refractivity contribution in [3.05, 3.63) is 0 Å². The molecule has 0 aromatic carbocycles. The van der Waals surface area contributed by atoms with E-state index in [1.54, 1.807) is 7.11 Å². The Kier molecular flexibility index (Phi) is 7.81. The summed E-state index contributed by atoms with van der Waals surface area (Å²) in [5.41, 5.74) is 0. The highest BCUT2D eigenvalue weighted by atomic mass is 16.5. The maximum absolute atomic E-state index is 5.63. The fourth-order valence-electron chi connectivity index (χ4n) is 2.36. The molecule has 1 aliphatic heterocycles. The highest BCUT2D eigenvalue weighted by Crippen LogP contribution is 2.18. The highest BCUT2D eigenvalue weighted by Gasteiger charge is 2.15. The van der Waals surface area contributed by atoms with Gasteiger partial charge in [0.2, 0.25) is 0 Å². The predicted molar refractivity (Wildman–Crippen MR) is 66.8 cm³/mol. The van der Waals surface area contributed by atoms with E-state index in [0.717, 1.165) is 26.2 Å². The minimum Gasteiger partial charge on any atom is -0.385 e. The Morgan fingerprint density at radius 2 is 2.31 bits per heavy atom. The Balaban J connectivity index is 2.05. The third-order valence-corrected chi connectivity index (χ3v) is 3.27. The van der Waals surface area contributed by atoms with Gasteiger partial charge in [0.25, 0.3) is 0 Å². The number of methoxy groups -OCH3 is 1. The zero-order valence-electron chi connectivity index (χ0n) is 10.8.